The van der Waals surface area contributed by atoms with Crippen molar-refractivity contribution in [3.8, 4) is 0 Å². The lowest BCUT2D eigenvalue weighted by Crippen LogP contribution is -2.04. The van der Waals surface area contributed by atoms with Crippen LogP contribution in [0.3, 0.4) is 0 Å². The van der Waals surface area contributed by atoms with Crippen LogP contribution >= 0.6 is 0 Å². The fraction of sp³-hybridized carbons (Fsp3) is 0.188. The molecule has 2 aromatic rings. The van der Waals surface area contributed by atoms with Gasteiger partial charge in [-0.15, -0.1) is 0 Å². The molecule has 3 rings (SSSR count). The van der Waals surface area contributed by atoms with Crippen molar-refractivity contribution in [3.63, 3.8) is 0 Å². The van der Waals surface area contributed by atoms with Crippen molar-refractivity contribution in [2.45, 2.75) is 18.0 Å². The Morgan fingerprint density at radius 2 is 1.26 bits per heavy atom. The molecule has 0 heterocycles. The molecule has 0 saturated heterocycles. The summed E-state index contributed by atoms with van der Waals surface area (Å²) in [4.78, 5) is 0. The molecule has 2 radical (unpaired) electrons. The Balaban J connectivity index is 1.76. The monoisotopic (exact) mass is 260 g/mol. The van der Waals surface area contributed by atoms with Gasteiger partial charge in [0, 0.05) is 6.42 Å². The molecular formula is C16H11F3. The smallest absolute Gasteiger partial charge is 0.166 e. The molecule has 0 amide bonds. The molecule has 19 heavy (non-hydrogen) atoms. The number of alkyl halides is 3. The third kappa shape index (κ3) is 2.50. The molecule has 2 aromatic carbocycles. The van der Waals surface area contributed by atoms with Crippen molar-refractivity contribution in [2.24, 2.45) is 0 Å². The van der Waals surface area contributed by atoms with E-state index in [0.717, 1.165) is 23.3 Å². The van der Waals surface area contributed by atoms with E-state index in [2.05, 4.69) is 6.42 Å². The lowest BCUT2D eigenvalue weighted by Gasteiger charge is -2.07. The van der Waals surface area contributed by atoms with Crippen LogP contribution < -0.4 is 0 Å². The van der Waals surface area contributed by atoms with Gasteiger partial charge in [-0.1, -0.05) is 42.5 Å². The van der Waals surface area contributed by atoms with Crippen LogP contribution in [-0.4, -0.2) is 0 Å². The minimum atomic E-state index is -4.27. The normalized spacial score (nSPS) is 22.3. The van der Waals surface area contributed by atoms with E-state index < -0.39 is 11.7 Å². The molecule has 1 aliphatic carbocycles. The molecular weight excluding hydrogens is 249 g/mol. The van der Waals surface area contributed by atoms with Gasteiger partial charge in [0.1, 0.15) is 0 Å². The van der Waals surface area contributed by atoms with Crippen LogP contribution in [0, 0.1) is 6.42 Å². The summed E-state index contributed by atoms with van der Waals surface area (Å²) in [5, 5.41) is 0. The highest BCUT2D eigenvalue weighted by atomic mass is 19.4. The second-order valence-corrected chi connectivity index (χ2v) is 4.65. The van der Waals surface area contributed by atoms with Crippen LogP contribution in [0.5, 0.6) is 0 Å². The third-order valence-electron chi connectivity index (χ3n) is 3.34. The van der Waals surface area contributed by atoms with Crippen molar-refractivity contribution in [1.82, 2.24) is 0 Å². The second-order valence-electron chi connectivity index (χ2n) is 4.65. The zero-order chi connectivity index (χ0) is 13.5. The number of rotatable bonds is 2. The highest BCUT2D eigenvalue weighted by Gasteiger charge is 2.40. The maximum atomic E-state index is 12.5. The fourth-order valence-corrected chi connectivity index (χ4v) is 2.26. The van der Waals surface area contributed by atoms with Crippen molar-refractivity contribution >= 4 is 0 Å². The predicted octanol–water partition coefficient (Wildman–Crippen LogP) is 4.67. The zero-order valence-corrected chi connectivity index (χ0v) is 9.98. The molecule has 0 aromatic heterocycles. The van der Waals surface area contributed by atoms with E-state index in [-0.39, 0.29) is 11.8 Å². The summed E-state index contributed by atoms with van der Waals surface area (Å²) >= 11 is 0. The number of halogens is 3. The van der Waals surface area contributed by atoms with E-state index in [4.69, 9.17) is 0 Å². The molecule has 1 aliphatic rings. The summed E-state index contributed by atoms with van der Waals surface area (Å²) < 4.78 is 37.4. The van der Waals surface area contributed by atoms with Gasteiger partial charge in [-0.05, 0) is 35.1 Å². The van der Waals surface area contributed by atoms with Gasteiger partial charge < -0.3 is 0 Å². The van der Waals surface area contributed by atoms with Crippen LogP contribution in [0.15, 0.2) is 54.6 Å². The van der Waals surface area contributed by atoms with Gasteiger partial charge in [0.2, 0.25) is 0 Å². The summed E-state index contributed by atoms with van der Waals surface area (Å²) in [7, 11) is 0. The van der Waals surface area contributed by atoms with Crippen molar-refractivity contribution in [1.29, 1.82) is 0 Å². The lowest BCUT2D eigenvalue weighted by atomic mass is 10.0. The van der Waals surface area contributed by atoms with E-state index >= 15 is 0 Å². The van der Waals surface area contributed by atoms with Crippen LogP contribution in [0.1, 0.15) is 28.5 Å². The third-order valence-corrected chi connectivity index (χ3v) is 3.34. The SMILES string of the molecule is FC(F)(F)c1ccc([C@@H]2[C][C@H]2c2ccccc2)cc1. The average Bonchev–Trinajstić information content (AvgIpc) is 3.19. The minimum absolute atomic E-state index is 0.115. The minimum Gasteiger partial charge on any atom is -0.166 e. The van der Waals surface area contributed by atoms with Gasteiger partial charge in [0.25, 0.3) is 0 Å². The Morgan fingerprint density at radius 1 is 0.737 bits per heavy atom. The predicted molar refractivity (Wildman–Crippen MR) is 66.6 cm³/mol. The van der Waals surface area contributed by atoms with E-state index in [1.807, 2.05) is 30.3 Å². The maximum Gasteiger partial charge on any atom is 0.416 e. The first kappa shape index (κ1) is 12.3. The van der Waals surface area contributed by atoms with Crippen LogP contribution in [0.2, 0.25) is 0 Å². The molecule has 0 bridgehead atoms. The molecule has 3 heteroatoms. The first-order valence-corrected chi connectivity index (χ1v) is 6.04. The van der Waals surface area contributed by atoms with Gasteiger partial charge in [-0.3, -0.25) is 0 Å². The largest absolute Gasteiger partial charge is 0.416 e. The summed E-state index contributed by atoms with van der Waals surface area (Å²) in [5.74, 6) is 0.322. The summed E-state index contributed by atoms with van der Waals surface area (Å²) in [6.07, 6.45) is -0.991. The van der Waals surface area contributed by atoms with Gasteiger partial charge in [0.15, 0.2) is 0 Å². The topological polar surface area (TPSA) is 0 Å². The molecule has 96 valence electrons. The van der Waals surface area contributed by atoms with Crippen molar-refractivity contribution < 1.29 is 13.2 Å². The van der Waals surface area contributed by atoms with Gasteiger partial charge >= 0.3 is 6.18 Å². The second kappa shape index (κ2) is 4.41. The number of hydrogen-bond donors (Lipinski definition) is 0. The average molecular weight is 260 g/mol. The first-order chi connectivity index (χ1) is 9.05. The summed E-state index contributed by atoms with van der Waals surface area (Å²) in [5.41, 5.74) is 1.45. The van der Waals surface area contributed by atoms with E-state index in [0.29, 0.717) is 0 Å². The van der Waals surface area contributed by atoms with Crippen LogP contribution in [0.25, 0.3) is 0 Å². The highest BCUT2D eigenvalue weighted by molar-refractivity contribution is 5.44. The lowest BCUT2D eigenvalue weighted by molar-refractivity contribution is -0.137. The highest BCUT2D eigenvalue weighted by Crippen LogP contribution is 2.53. The van der Waals surface area contributed by atoms with E-state index in [1.165, 1.54) is 0 Å². The number of hydrogen-bond acceptors (Lipinski definition) is 0. The quantitative estimate of drug-likeness (QED) is 0.736. The Kier molecular flexibility index (Phi) is 2.85. The van der Waals surface area contributed by atoms with Crippen molar-refractivity contribution in [3.05, 3.63) is 77.7 Å². The Hall–Kier alpha value is -1.77. The Morgan fingerprint density at radius 3 is 1.79 bits per heavy atom. The van der Waals surface area contributed by atoms with Gasteiger partial charge in [-0.25, -0.2) is 0 Å². The number of benzene rings is 2. The van der Waals surface area contributed by atoms with E-state index in [9.17, 15) is 13.2 Å². The van der Waals surface area contributed by atoms with Crippen LogP contribution in [0.4, 0.5) is 13.2 Å². The molecule has 0 nitrogen and oxygen atoms in total. The van der Waals surface area contributed by atoms with E-state index in [1.54, 1.807) is 12.1 Å². The Bertz CT molecular complexity index is 555. The fourth-order valence-electron chi connectivity index (χ4n) is 2.26. The molecule has 0 N–H and O–H groups in total. The molecule has 1 fully saturated rings. The zero-order valence-electron chi connectivity index (χ0n) is 9.98. The molecule has 0 unspecified atom stereocenters. The van der Waals surface area contributed by atoms with Gasteiger partial charge in [-0.2, -0.15) is 13.2 Å². The Labute approximate surface area is 109 Å². The maximum absolute atomic E-state index is 12.5. The standard InChI is InChI=1S/C16H11F3/c17-16(18,19)13-8-6-12(7-9-13)15-10-14(15)11-4-2-1-3-5-11/h1-9,14-15H/t14-,15-/m0/s1. The van der Waals surface area contributed by atoms with Crippen molar-refractivity contribution in [2.75, 3.05) is 0 Å². The first-order valence-electron chi connectivity index (χ1n) is 6.04. The molecule has 0 aliphatic heterocycles. The molecule has 0 spiro atoms. The molecule has 2 atom stereocenters. The summed E-state index contributed by atoms with van der Waals surface area (Å²) in [6, 6.07) is 15.3. The van der Waals surface area contributed by atoms with Gasteiger partial charge in [0.05, 0.1) is 5.56 Å². The summed E-state index contributed by atoms with van der Waals surface area (Å²) in [6.45, 7) is 0. The molecule has 1 saturated carbocycles. The van der Waals surface area contributed by atoms with Crippen LogP contribution in [-0.2, 0) is 6.18 Å².